The Morgan fingerprint density at radius 2 is 2.29 bits per heavy atom. The minimum absolute atomic E-state index is 0.268. The van der Waals surface area contributed by atoms with Gasteiger partial charge in [0, 0.05) is 4.88 Å². The number of likely N-dealkylation sites (N-methyl/N-ethyl adjacent to an activating group) is 1. The van der Waals surface area contributed by atoms with Crippen LogP contribution in [0.3, 0.4) is 0 Å². The number of aryl methyl sites for hydroxylation is 1. The van der Waals surface area contributed by atoms with Gasteiger partial charge in [-0.2, -0.15) is 0 Å². The fraction of sp³-hybridized carbons (Fsp3) is 0.700. The lowest BCUT2D eigenvalue weighted by Crippen LogP contribution is -2.23. The highest BCUT2D eigenvalue weighted by molar-refractivity contribution is 7.09. The molecule has 0 saturated heterocycles. The highest BCUT2D eigenvalue weighted by Gasteiger charge is 2.14. The molecular formula is C10H18N2OS. The molecule has 1 rings (SSSR count). The molecule has 3 nitrogen and oxygen atoms in total. The van der Waals surface area contributed by atoms with Gasteiger partial charge in [-0.15, -0.1) is 11.3 Å². The lowest BCUT2D eigenvalue weighted by molar-refractivity contribution is 0.0631. The number of hydrogen-bond acceptors (Lipinski definition) is 4. The monoisotopic (exact) mass is 214 g/mol. The van der Waals surface area contributed by atoms with Gasteiger partial charge in [0.15, 0.2) is 0 Å². The Bertz CT molecular complexity index is 273. The third kappa shape index (κ3) is 3.04. The first-order chi connectivity index (χ1) is 6.65. The number of aromatic nitrogens is 1. The van der Waals surface area contributed by atoms with Crippen LogP contribution >= 0.6 is 11.3 Å². The Labute approximate surface area is 89.5 Å². The lowest BCUT2D eigenvalue weighted by Gasteiger charge is -2.17. The Morgan fingerprint density at radius 1 is 1.57 bits per heavy atom. The molecule has 14 heavy (non-hydrogen) atoms. The Morgan fingerprint density at radius 3 is 2.71 bits per heavy atom. The largest absolute Gasteiger partial charge is 0.377 e. The Hall–Kier alpha value is -0.450. The zero-order chi connectivity index (χ0) is 10.6. The van der Waals surface area contributed by atoms with Crippen LogP contribution in [0.5, 0.6) is 0 Å². The maximum absolute atomic E-state index is 5.59. The van der Waals surface area contributed by atoms with Gasteiger partial charge in [0.25, 0.3) is 0 Å². The van der Waals surface area contributed by atoms with E-state index in [-0.39, 0.29) is 12.1 Å². The number of rotatable bonds is 5. The van der Waals surface area contributed by atoms with Crippen molar-refractivity contribution in [1.82, 2.24) is 10.3 Å². The zero-order valence-corrected chi connectivity index (χ0v) is 10.0. The molecule has 1 atom stereocenters. The van der Waals surface area contributed by atoms with E-state index in [1.807, 2.05) is 33.3 Å². The number of ether oxygens (including phenoxy) is 1. The summed E-state index contributed by atoms with van der Waals surface area (Å²) < 4.78 is 5.59. The second-order valence-electron chi connectivity index (χ2n) is 3.53. The molecule has 1 unspecified atom stereocenters. The molecule has 0 radical (unpaired) electrons. The van der Waals surface area contributed by atoms with Crippen molar-refractivity contribution in [2.75, 3.05) is 13.7 Å². The van der Waals surface area contributed by atoms with Crippen molar-refractivity contribution in [2.45, 2.75) is 32.9 Å². The minimum Gasteiger partial charge on any atom is -0.377 e. The number of thiazole rings is 1. The van der Waals surface area contributed by atoms with E-state index >= 15 is 0 Å². The van der Waals surface area contributed by atoms with Crippen molar-refractivity contribution in [3.63, 3.8) is 0 Å². The summed E-state index contributed by atoms with van der Waals surface area (Å²) in [6.07, 6.45) is 0.277. The van der Waals surface area contributed by atoms with Crippen LogP contribution < -0.4 is 5.32 Å². The SMILES string of the molecule is CNC(COC(C)C)c1scnc1C. The molecule has 0 amide bonds. The van der Waals surface area contributed by atoms with Crippen molar-refractivity contribution in [1.29, 1.82) is 0 Å². The Balaban J connectivity index is 2.58. The van der Waals surface area contributed by atoms with Gasteiger partial charge in [-0.05, 0) is 27.8 Å². The van der Waals surface area contributed by atoms with Gasteiger partial charge in [-0.3, -0.25) is 0 Å². The Kier molecular flexibility index (Phi) is 4.51. The molecule has 0 aliphatic rings. The van der Waals surface area contributed by atoms with Crippen LogP contribution in [0.15, 0.2) is 5.51 Å². The van der Waals surface area contributed by atoms with Crippen molar-refractivity contribution < 1.29 is 4.74 Å². The van der Waals surface area contributed by atoms with Gasteiger partial charge in [0.1, 0.15) is 0 Å². The summed E-state index contributed by atoms with van der Waals surface area (Å²) in [5, 5.41) is 3.25. The topological polar surface area (TPSA) is 34.1 Å². The van der Waals surface area contributed by atoms with Crippen LogP contribution in [0.2, 0.25) is 0 Å². The quantitative estimate of drug-likeness (QED) is 0.815. The molecule has 0 saturated carbocycles. The average Bonchev–Trinajstić information content (AvgIpc) is 2.53. The second-order valence-corrected chi connectivity index (χ2v) is 4.41. The van der Waals surface area contributed by atoms with Crippen LogP contribution in [0.4, 0.5) is 0 Å². The molecule has 4 heteroatoms. The summed E-state index contributed by atoms with van der Waals surface area (Å²) >= 11 is 1.68. The molecule has 0 aliphatic carbocycles. The van der Waals surface area contributed by atoms with Crippen LogP contribution in [-0.2, 0) is 4.74 Å². The summed E-state index contributed by atoms with van der Waals surface area (Å²) in [5.74, 6) is 0. The van der Waals surface area contributed by atoms with Gasteiger partial charge in [-0.1, -0.05) is 0 Å². The van der Waals surface area contributed by atoms with Gasteiger partial charge < -0.3 is 10.1 Å². The van der Waals surface area contributed by atoms with E-state index in [2.05, 4.69) is 10.3 Å². The van der Waals surface area contributed by atoms with E-state index in [0.717, 1.165) is 5.69 Å². The van der Waals surface area contributed by atoms with Gasteiger partial charge in [0.05, 0.1) is 30.0 Å². The predicted molar refractivity (Wildman–Crippen MR) is 59.7 cm³/mol. The maximum Gasteiger partial charge on any atom is 0.0798 e. The molecule has 0 aromatic carbocycles. The van der Waals surface area contributed by atoms with Crippen molar-refractivity contribution in [3.05, 3.63) is 16.1 Å². The number of nitrogens with one attached hydrogen (secondary N) is 1. The zero-order valence-electron chi connectivity index (χ0n) is 9.20. The fourth-order valence-corrected chi connectivity index (χ4v) is 2.12. The molecular weight excluding hydrogens is 196 g/mol. The molecule has 0 aliphatic heterocycles. The van der Waals surface area contributed by atoms with Gasteiger partial charge >= 0.3 is 0 Å². The number of nitrogens with zero attached hydrogens (tertiary/aromatic N) is 1. The van der Waals surface area contributed by atoms with Crippen LogP contribution in [0.1, 0.15) is 30.5 Å². The molecule has 1 aromatic rings. The summed E-state index contributed by atoms with van der Waals surface area (Å²) in [6, 6.07) is 0.268. The van der Waals surface area contributed by atoms with E-state index in [9.17, 15) is 0 Å². The lowest BCUT2D eigenvalue weighted by atomic mass is 10.2. The molecule has 1 N–H and O–H groups in total. The number of hydrogen-bond donors (Lipinski definition) is 1. The van der Waals surface area contributed by atoms with Gasteiger partial charge in [0.2, 0.25) is 0 Å². The smallest absolute Gasteiger partial charge is 0.0798 e. The van der Waals surface area contributed by atoms with E-state index in [1.165, 1.54) is 4.88 Å². The van der Waals surface area contributed by atoms with Crippen LogP contribution in [0.25, 0.3) is 0 Å². The predicted octanol–water partition coefficient (Wildman–Crippen LogP) is 2.14. The summed E-state index contributed by atoms with van der Waals surface area (Å²) in [6.45, 7) is 6.83. The van der Waals surface area contributed by atoms with Crippen LogP contribution in [-0.4, -0.2) is 24.7 Å². The highest BCUT2D eigenvalue weighted by Crippen LogP contribution is 2.21. The van der Waals surface area contributed by atoms with E-state index < -0.39 is 0 Å². The summed E-state index contributed by atoms with van der Waals surface area (Å²) in [7, 11) is 1.95. The van der Waals surface area contributed by atoms with E-state index in [0.29, 0.717) is 6.61 Å². The third-order valence-corrected chi connectivity index (χ3v) is 3.09. The summed E-state index contributed by atoms with van der Waals surface area (Å²) in [4.78, 5) is 5.51. The third-order valence-electron chi connectivity index (χ3n) is 2.04. The average molecular weight is 214 g/mol. The van der Waals surface area contributed by atoms with Gasteiger partial charge in [-0.25, -0.2) is 4.98 Å². The van der Waals surface area contributed by atoms with Crippen LogP contribution in [0, 0.1) is 6.92 Å². The molecule has 0 spiro atoms. The molecule has 80 valence electrons. The summed E-state index contributed by atoms with van der Waals surface area (Å²) in [5.41, 5.74) is 2.98. The van der Waals surface area contributed by atoms with E-state index in [4.69, 9.17) is 4.74 Å². The molecule has 1 aromatic heterocycles. The molecule has 1 heterocycles. The highest BCUT2D eigenvalue weighted by atomic mass is 32.1. The first kappa shape index (κ1) is 11.6. The van der Waals surface area contributed by atoms with Crippen molar-refractivity contribution >= 4 is 11.3 Å². The maximum atomic E-state index is 5.59. The molecule has 0 bridgehead atoms. The van der Waals surface area contributed by atoms with E-state index in [1.54, 1.807) is 11.3 Å². The van der Waals surface area contributed by atoms with Crippen molar-refractivity contribution in [3.8, 4) is 0 Å². The van der Waals surface area contributed by atoms with Crippen molar-refractivity contribution in [2.24, 2.45) is 0 Å². The second kappa shape index (κ2) is 5.44. The molecule has 0 fully saturated rings. The standard InChI is InChI=1S/C10H18N2OS/c1-7(2)13-5-9(11-4)10-8(3)12-6-14-10/h6-7,9,11H,5H2,1-4H3. The minimum atomic E-state index is 0.268. The fourth-order valence-electron chi connectivity index (χ4n) is 1.22. The normalized spacial score (nSPS) is 13.5. The first-order valence-electron chi connectivity index (χ1n) is 4.84. The first-order valence-corrected chi connectivity index (χ1v) is 5.72.